The number of hydrogen-bond acceptors (Lipinski definition) is 3. The van der Waals surface area contributed by atoms with Gasteiger partial charge in [-0.05, 0) is 25.1 Å². The number of amides is 2. The Morgan fingerprint density at radius 2 is 2.06 bits per heavy atom. The summed E-state index contributed by atoms with van der Waals surface area (Å²) in [5.74, 6) is -0.540. The van der Waals surface area contributed by atoms with Gasteiger partial charge in [0.1, 0.15) is 0 Å². The van der Waals surface area contributed by atoms with Gasteiger partial charge < -0.3 is 0 Å². The summed E-state index contributed by atoms with van der Waals surface area (Å²) in [5.41, 5.74) is 0.663. The van der Waals surface area contributed by atoms with E-state index < -0.39 is 0 Å². The molecule has 0 radical (unpaired) electrons. The lowest BCUT2D eigenvalue weighted by Crippen LogP contribution is -2.29. The molecular weight excluding hydrogens is 286 g/mol. The standard InChI is InChI=1S/C12H12BrNO3/c1-3-12(17)14(7-15)11-5-4-9(13)6-10(11)8(2)16/h4-7H,3H2,1-2H3. The Hall–Kier alpha value is -1.49. The highest BCUT2D eigenvalue weighted by atomic mass is 79.9. The fourth-order valence-corrected chi connectivity index (χ4v) is 1.78. The summed E-state index contributed by atoms with van der Waals surface area (Å²) in [6.45, 7) is 3.05. The van der Waals surface area contributed by atoms with Crippen molar-refractivity contribution >= 4 is 39.7 Å². The Bertz CT molecular complexity index is 471. The van der Waals surface area contributed by atoms with Crippen LogP contribution in [0.3, 0.4) is 0 Å². The normalized spacial score (nSPS) is 9.82. The monoisotopic (exact) mass is 297 g/mol. The summed E-state index contributed by atoms with van der Waals surface area (Å²) < 4.78 is 0.723. The third kappa shape index (κ3) is 3.00. The molecule has 4 nitrogen and oxygen atoms in total. The lowest BCUT2D eigenvalue weighted by molar-refractivity contribution is -0.121. The van der Waals surface area contributed by atoms with E-state index in [1.165, 1.54) is 6.92 Å². The number of ketones is 1. The SMILES string of the molecule is CCC(=O)N(C=O)c1ccc(Br)cc1C(C)=O. The van der Waals surface area contributed by atoms with Gasteiger partial charge in [0, 0.05) is 16.5 Å². The predicted molar refractivity (Wildman–Crippen MR) is 68.0 cm³/mol. The van der Waals surface area contributed by atoms with Gasteiger partial charge in [0.2, 0.25) is 12.3 Å². The average Bonchev–Trinajstić information content (AvgIpc) is 2.31. The van der Waals surface area contributed by atoms with E-state index in [0.717, 1.165) is 9.37 Å². The van der Waals surface area contributed by atoms with E-state index in [0.29, 0.717) is 17.7 Å². The molecule has 0 bridgehead atoms. The van der Waals surface area contributed by atoms with Gasteiger partial charge in [0.15, 0.2) is 5.78 Å². The Morgan fingerprint density at radius 3 is 2.53 bits per heavy atom. The minimum absolute atomic E-state index is 0.197. The van der Waals surface area contributed by atoms with Crippen molar-refractivity contribution in [1.29, 1.82) is 0 Å². The molecule has 0 spiro atoms. The first-order valence-corrected chi connectivity index (χ1v) is 5.88. The van der Waals surface area contributed by atoms with Crippen molar-refractivity contribution in [2.45, 2.75) is 20.3 Å². The van der Waals surface area contributed by atoms with E-state index in [-0.39, 0.29) is 18.1 Å². The second-order valence-corrected chi connectivity index (χ2v) is 4.36. The molecule has 0 heterocycles. The van der Waals surface area contributed by atoms with Crippen LogP contribution in [0.5, 0.6) is 0 Å². The number of Topliss-reactive ketones (excluding diaryl/α,β-unsaturated/α-hetero) is 1. The first-order chi connectivity index (χ1) is 8.01. The molecule has 1 rings (SSSR count). The van der Waals surface area contributed by atoms with Crippen LogP contribution in [0.2, 0.25) is 0 Å². The van der Waals surface area contributed by atoms with Crippen LogP contribution in [0.4, 0.5) is 5.69 Å². The summed E-state index contributed by atoms with van der Waals surface area (Å²) >= 11 is 3.25. The summed E-state index contributed by atoms with van der Waals surface area (Å²) in [6, 6.07) is 4.85. The molecule has 90 valence electrons. The largest absolute Gasteiger partial charge is 0.294 e. The molecule has 0 aromatic heterocycles. The number of halogens is 1. The number of benzene rings is 1. The van der Waals surface area contributed by atoms with Crippen molar-refractivity contribution in [3.05, 3.63) is 28.2 Å². The van der Waals surface area contributed by atoms with Crippen LogP contribution < -0.4 is 4.90 Å². The second kappa shape index (κ2) is 5.72. The van der Waals surface area contributed by atoms with E-state index in [4.69, 9.17) is 0 Å². The number of imide groups is 1. The van der Waals surface area contributed by atoms with Gasteiger partial charge in [-0.3, -0.25) is 19.3 Å². The lowest BCUT2D eigenvalue weighted by atomic mass is 10.1. The maximum atomic E-state index is 11.6. The van der Waals surface area contributed by atoms with Crippen LogP contribution in [0.25, 0.3) is 0 Å². The van der Waals surface area contributed by atoms with Crippen LogP contribution in [0.15, 0.2) is 22.7 Å². The summed E-state index contributed by atoms with van der Waals surface area (Å²) in [4.78, 5) is 35.0. The minimum atomic E-state index is -0.343. The van der Waals surface area contributed by atoms with Crippen molar-refractivity contribution in [3.63, 3.8) is 0 Å². The van der Waals surface area contributed by atoms with Gasteiger partial charge in [-0.25, -0.2) is 0 Å². The minimum Gasteiger partial charge on any atom is -0.294 e. The third-order valence-electron chi connectivity index (χ3n) is 2.27. The van der Waals surface area contributed by atoms with Gasteiger partial charge in [-0.2, -0.15) is 0 Å². The molecule has 1 aromatic rings. The Kier molecular flexibility index (Phi) is 4.57. The Labute approximate surface area is 108 Å². The summed E-state index contributed by atoms with van der Waals surface area (Å²) in [5, 5.41) is 0. The van der Waals surface area contributed by atoms with Crippen molar-refractivity contribution in [2.75, 3.05) is 4.90 Å². The smallest absolute Gasteiger partial charge is 0.233 e. The molecule has 0 aliphatic rings. The maximum Gasteiger partial charge on any atom is 0.233 e. The van der Waals surface area contributed by atoms with Crippen molar-refractivity contribution < 1.29 is 14.4 Å². The molecule has 1 aromatic carbocycles. The van der Waals surface area contributed by atoms with Crippen molar-refractivity contribution in [3.8, 4) is 0 Å². The first kappa shape index (κ1) is 13.6. The third-order valence-corrected chi connectivity index (χ3v) is 2.77. The molecule has 17 heavy (non-hydrogen) atoms. The molecule has 0 aliphatic carbocycles. The van der Waals surface area contributed by atoms with Crippen LogP contribution in [-0.4, -0.2) is 18.1 Å². The lowest BCUT2D eigenvalue weighted by Gasteiger charge is -2.17. The van der Waals surface area contributed by atoms with Gasteiger partial charge in [0.05, 0.1) is 5.69 Å². The predicted octanol–water partition coefficient (Wildman–Crippen LogP) is 2.55. The van der Waals surface area contributed by atoms with Crippen molar-refractivity contribution in [2.24, 2.45) is 0 Å². The van der Waals surface area contributed by atoms with Gasteiger partial charge >= 0.3 is 0 Å². The van der Waals surface area contributed by atoms with Crippen LogP contribution in [-0.2, 0) is 9.59 Å². The van der Waals surface area contributed by atoms with E-state index in [2.05, 4.69) is 15.9 Å². The van der Waals surface area contributed by atoms with Gasteiger partial charge in [-0.15, -0.1) is 0 Å². The van der Waals surface area contributed by atoms with Gasteiger partial charge in [0.25, 0.3) is 0 Å². The molecule has 5 heteroatoms. The fourth-order valence-electron chi connectivity index (χ4n) is 1.42. The Morgan fingerprint density at radius 1 is 1.41 bits per heavy atom. The zero-order valence-corrected chi connectivity index (χ0v) is 11.2. The van der Waals surface area contributed by atoms with Crippen LogP contribution in [0, 0.1) is 0 Å². The highest BCUT2D eigenvalue weighted by Gasteiger charge is 2.18. The van der Waals surface area contributed by atoms with Crippen LogP contribution in [0.1, 0.15) is 30.6 Å². The molecule has 0 fully saturated rings. The quantitative estimate of drug-likeness (QED) is 0.634. The zero-order chi connectivity index (χ0) is 13.0. The number of hydrogen-bond donors (Lipinski definition) is 0. The Balaban J connectivity index is 3.33. The highest BCUT2D eigenvalue weighted by Crippen LogP contribution is 2.25. The van der Waals surface area contributed by atoms with E-state index in [1.807, 2.05) is 0 Å². The molecule has 0 atom stereocenters. The molecule has 0 saturated carbocycles. The molecule has 0 aliphatic heterocycles. The fraction of sp³-hybridized carbons (Fsp3) is 0.250. The van der Waals surface area contributed by atoms with E-state index >= 15 is 0 Å². The van der Waals surface area contributed by atoms with Crippen molar-refractivity contribution in [1.82, 2.24) is 0 Å². The molecular formula is C12H12BrNO3. The van der Waals surface area contributed by atoms with Gasteiger partial charge in [-0.1, -0.05) is 22.9 Å². The summed E-state index contributed by atoms with van der Waals surface area (Å²) in [7, 11) is 0. The maximum absolute atomic E-state index is 11.6. The molecule has 0 saturated heterocycles. The number of rotatable bonds is 4. The molecule has 2 amide bonds. The average molecular weight is 298 g/mol. The van der Waals surface area contributed by atoms with E-state index in [9.17, 15) is 14.4 Å². The second-order valence-electron chi connectivity index (χ2n) is 3.44. The molecule has 0 N–H and O–H groups in total. The number of nitrogens with zero attached hydrogens (tertiary/aromatic N) is 1. The molecule has 0 unspecified atom stereocenters. The topological polar surface area (TPSA) is 54.5 Å². The summed E-state index contributed by atoms with van der Waals surface area (Å²) in [6.07, 6.45) is 0.633. The number of carbonyl (C=O) groups is 3. The zero-order valence-electron chi connectivity index (χ0n) is 9.57. The highest BCUT2D eigenvalue weighted by molar-refractivity contribution is 9.10. The van der Waals surface area contributed by atoms with E-state index in [1.54, 1.807) is 25.1 Å². The number of anilines is 1. The van der Waals surface area contributed by atoms with Crippen LogP contribution >= 0.6 is 15.9 Å². The first-order valence-electron chi connectivity index (χ1n) is 5.09. The number of carbonyl (C=O) groups excluding carboxylic acids is 3.